The summed E-state index contributed by atoms with van der Waals surface area (Å²) in [6.45, 7) is 4.48. The summed E-state index contributed by atoms with van der Waals surface area (Å²) in [4.78, 5) is 12.9. The Morgan fingerprint density at radius 2 is 1.77 bits per heavy atom. The van der Waals surface area contributed by atoms with Gasteiger partial charge in [0, 0.05) is 0 Å². The number of allylic oxidation sites excluding steroid dienone is 1. The van der Waals surface area contributed by atoms with Gasteiger partial charge in [0.2, 0.25) is 0 Å². The Morgan fingerprint density at radius 1 is 1.23 bits per heavy atom. The van der Waals surface area contributed by atoms with Gasteiger partial charge in [-0.15, -0.1) is 0 Å². The summed E-state index contributed by atoms with van der Waals surface area (Å²) in [5.41, 5.74) is 0. The Morgan fingerprint density at radius 3 is 2.15 bits per heavy atom. The second-order valence-electron chi connectivity index (χ2n) is 3.37. The minimum absolute atomic E-state index is 0.855. The number of hydrogen-bond donors (Lipinski definition) is 0. The molecule has 0 aliphatic heterocycles. The average molecular weight is 240 g/mol. The zero-order valence-electron chi connectivity index (χ0n) is 8.99. The van der Waals surface area contributed by atoms with Crippen LogP contribution in [0.2, 0.25) is 9.95 Å². The second kappa shape index (κ2) is 8.44. The Hall–Kier alpha value is -0.154. The third-order valence-electron chi connectivity index (χ3n) is 2.22. The first-order valence-electron chi connectivity index (χ1n) is 5.10. The predicted octanol–water partition coefficient (Wildman–Crippen LogP) is 2.44. The molecule has 0 radical (unpaired) electrons. The van der Waals surface area contributed by atoms with E-state index in [1.165, 1.54) is 22.8 Å². The Bertz CT molecular complexity index is 153. The molecule has 0 saturated carbocycles. The zero-order valence-corrected chi connectivity index (χ0v) is 11.4. The van der Waals surface area contributed by atoms with Crippen LogP contribution in [0.5, 0.6) is 0 Å². The van der Waals surface area contributed by atoms with Crippen LogP contribution in [-0.4, -0.2) is 33.4 Å². The van der Waals surface area contributed by atoms with Gasteiger partial charge in [-0.2, -0.15) is 0 Å². The standard InChI is InChI=1S/C4H7NO.2C3H7.Ga/c1-5-3-2-4-6;2*1-3-2;/h2-4H,1H3,(H,5,6);2*1,3H2,2H3;/q;;;+1/p-1. The first-order valence-corrected chi connectivity index (χ1v) is 9.61. The number of aldehydes is 1. The SMILES string of the molecule is CC[CH2][Ga]([CH2]CC)[N](C)/C=C\C=O. The number of carbonyl (C=O) groups excluding carboxylic acids is 1. The van der Waals surface area contributed by atoms with Gasteiger partial charge in [-0.1, -0.05) is 0 Å². The summed E-state index contributed by atoms with van der Waals surface area (Å²) in [5, 5.41) is 0. The van der Waals surface area contributed by atoms with Crippen LogP contribution in [-0.2, 0) is 4.79 Å². The number of hydrogen-bond acceptors (Lipinski definition) is 2. The summed E-state index contributed by atoms with van der Waals surface area (Å²) >= 11 is -1.25. The fourth-order valence-electron chi connectivity index (χ4n) is 1.51. The monoisotopic (exact) mass is 239 g/mol. The molecule has 0 bridgehead atoms. The molecule has 0 aromatic rings. The molecular formula is C10H20GaNO. The quantitative estimate of drug-likeness (QED) is 0.387. The van der Waals surface area contributed by atoms with Crippen molar-refractivity contribution in [3.05, 3.63) is 12.3 Å². The molecule has 0 spiro atoms. The van der Waals surface area contributed by atoms with E-state index in [9.17, 15) is 4.79 Å². The van der Waals surface area contributed by atoms with Gasteiger partial charge < -0.3 is 0 Å². The molecule has 2 nitrogen and oxygen atoms in total. The summed E-state index contributed by atoms with van der Waals surface area (Å²) in [5.74, 6) is 0. The van der Waals surface area contributed by atoms with E-state index in [2.05, 4.69) is 24.5 Å². The van der Waals surface area contributed by atoms with Crippen molar-refractivity contribution in [3.63, 3.8) is 0 Å². The van der Waals surface area contributed by atoms with Crippen LogP contribution in [0.25, 0.3) is 0 Å². The molecule has 74 valence electrons. The average Bonchev–Trinajstić information content (AvgIpc) is 2.14. The van der Waals surface area contributed by atoms with Crippen molar-refractivity contribution in [2.45, 2.75) is 36.6 Å². The molecule has 0 N–H and O–H groups in total. The molecule has 0 saturated heterocycles. The van der Waals surface area contributed by atoms with Gasteiger partial charge in [0.1, 0.15) is 0 Å². The maximum absolute atomic E-state index is 10.2. The maximum atomic E-state index is 10.2. The molecule has 13 heavy (non-hydrogen) atoms. The number of carbonyl (C=O) groups is 1. The van der Waals surface area contributed by atoms with Crippen molar-refractivity contribution in [1.82, 2.24) is 3.61 Å². The molecule has 0 fully saturated rings. The molecule has 0 amide bonds. The van der Waals surface area contributed by atoms with Crippen molar-refractivity contribution in [1.29, 1.82) is 0 Å². The summed E-state index contributed by atoms with van der Waals surface area (Å²) < 4.78 is 2.33. The molecule has 0 heterocycles. The van der Waals surface area contributed by atoms with E-state index in [1.807, 2.05) is 6.20 Å². The van der Waals surface area contributed by atoms with E-state index in [0.717, 1.165) is 6.29 Å². The Balaban J connectivity index is 4.00. The van der Waals surface area contributed by atoms with Gasteiger partial charge in [-0.05, 0) is 0 Å². The van der Waals surface area contributed by atoms with Crippen molar-refractivity contribution in [2.24, 2.45) is 0 Å². The van der Waals surface area contributed by atoms with Crippen LogP contribution in [0.3, 0.4) is 0 Å². The molecule has 0 aliphatic carbocycles. The first-order chi connectivity index (χ1) is 6.26. The predicted molar refractivity (Wildman–Crippen MR) is 58.9 cm³/mol. The van der Waals surface area contributed by atoms with E-state index in [4.69, 9.17) is 0 Å². The summed E-state index contributed by atoms with van der Waals surface area (Å²) in [6, 6.07) is 0. The molecule has 3 heteroatoms. The topological polar surface area (TPSA) is 20.3 Å². The minimum atomic E-state index is -1.25. The van der Waals surface area contributed by atoms with Crippen molar-refractivity contribution in [2.75, 3.05) is 7.05 Å². The number of nitrogens with zero attached hydrogens (tertiary/aromatic N) is 1. The van der Waals surface area contributed by atoms with Crippen LogP contribution < -0.4 is 0 Å². The van der Waals surface area contributed by atoms with Gasteiger partial charge in [-0.3, -0.25) is 0 Å². The summed E-state index contributed by atoms with van der Waals surface area (Å²) in [6.07, 6.45) is 6.97. The molecule has 0 aromatic carbocycles. The van der Waals surface area contributed by atoms with E-state index in [-0.39, 0.29) is 0 Å². The van der Waals surface area contributed by atoms with Crippen LogP contribution in [0.1, 0.15) is 26.7 Å². The Kier molecular flexibility index (Phi) is 8.35. The van der Waals surface area contributed by atoms with Crippen molar-refractivity contribution in [3.8, 4) is 0 Å². The molecule has 0 aliphatic rings. The van der Waals surface area contributed by atoms with Crippen LogP contribution in [0.15, 0.2) is 12.3 Å². The normalized spacial score (nSPS) is 10.4. The zero-order chi connectivity index (χ0) is 10.1. The fraction of sp³-hybridized carbons (Fsp3) is 0.700. The fourth-order valence-corrected chi connectivity index (χ4v) is 7.34. The molecule has 0 atom stereocenters. The van der Waals surface area contributed by atoms with Crippen LogP contribution in [0, 0.1) is 0 Å². The van der Waals surface area contributed by atoms with E-state index < -0.39 is 16.5 Å². The molecule has 0 aromatic heterocycles. The molecular weight excluding hydrogens is 220 g/mol. The van der Waals surface area contributed by atoms with E-state index in [1.54, 1.807) is 6.08 Å². The number of rotatable bonds is 7. The van der Waals surface area contributed by atoms with Gasteiger partial charge in [0.25, 0.3) is 0 Å². The molecule has 0 rings (SSSR count). The van der Waals surface area contributed by atoms with E-state index in [0.29, 0.717) is 0 Å². The first kappa shape index (κ1) is 12.8. The van der Waals surface area contributed by atoms with Crippen molar-refractivity contribution >= 4 is 22.7 Å². The molecule has 0 unspecified atom stereocenters. The Labute approximate surface area is 87.3 Å². The van der Waals surface area contributed by atoms with Crippen molar-refractivity contribution < 1.29 is 4.79 Å². The summed E-state index contributed by atoms with van der Waals surface area (Å²) in [7, 11) is 2.12. The second-order valence-corrected chi connectivity index (χ2v) is 10.2. The van der Waals surface area contributed by atoms with Crippen LogP contribution in [0.4, 0.5) is 0 Å². The van der Waals surface area contributed by atoms with Gasteiger partial charge in [0.05, 0.1) is 0 Å². The van der Waals surface area contributed by atoms with Crippen LogP contribution >= 0.6 is 0 Å². The van der Waals surface area contributed by atoms with Gasteiger partial charge in [-0.25, -0.2) is 0 Å². The van der Waals surface area contributed by atoms with Gasteiger partial charge >= 0.3 is 87.1 Å². The third kappa shape index (κ3) is 5.99. The van der Waals surface area contributed by atoms with Gasteiger partial charge in [0.15, 0.2) is 0 Å². The third-order valence-corrected chi connectivity index (χ3v) is 10.2. The van der Waals surface area contributed by atoms with E-state index >= 15 is 0 Å².